The highest BCUT2D eigenvalue weighted by Crippen LogP contribution is 2.23. The highest BCUT2D eigenvalue weighted by atomic mass is 32.2. The number of rotatable bonds is 6. The lowest BCUT2D eigenvalue weighted by Gasteiger charge is -2.26. The third kappa shape index (κ3) is 4.54. The SMILES string of the molecule is CC(CNC(=O)CS(=O)(=O)C(C)(C)C)(C(=O)O)c1ccccc1. The van der Waals surface area contributed by atoms with Gasteiger partial charge in [0.05, 0.1) is 4.75 Å². The standard InChI is InChI=1S/C16H23NO5S/c1-15(2,3)23(21,22)10-13(18)17-11-16(4,14(19)20)12-8-6-5-7-9-12/h5-9H,10-11H2,1-4H3,(H,17,18)(H,19,20). The Balaban J connectivity index is 2.86. The number of aliphatic carboxylic acids is 1. The van der Waals surface area contributed by atoms with E-state index in [1.165, 1.54) is 27.7 Å². The number of hydrogen-bond acceptors (Lipinski definition) is 4. The molecule has 0 saturated heterocycles. The molecule has 1 amide bonds. The Bertz CT molecular complexity index is 676. The second-order valence-electron chi connectivity index (χ2n) is 6.65. The monoisotopic (exact) mass is 341 g/mol. The van der Waals surface area contributed by atoms with Crippen molar-refractivity contribution in [1.82, 2.24) is 5.32 Å². The van der Waals surface area contributed by atoms with Crippen LogP contribution in [0.15, 0.2) is 30.3 Å². The van der Waals surface area contributed by atoms with E-state index >= 15 is 0 Å². The molecule has 0 aliphatic rings. The summed E-state index contributed by atoms with van der Waals surface area (Å²) in [5, 5.41) is 11.9. The maximum Gasteiger partial charge on any atom is 0.315 e. The summed E-state index contributed by atoms with van der Waals surface area (Å²) in [7, 11) is -3.61. The maximum absolute atomic E-state index is 12.0. The van der Waals surface area contributed by atoms with Gasteiger partial charge in [-0.05, 0) is 33.3 Å². The van der Waals surface area contributed by atoms with Crippen molar-refractivity contribution in [3.05, 3.63) is 35.9 Å². The first-order chi connectivity index (χ1) is 10.4. The molecule has 1 atom stereocenters. The summed E-state index contributed by atoms with van der Waals surface area (Å²) < 4.78 is 23.0. The minimum absolute atomic E-state index is 0.190. The molecule has 1 unspecified atom stereocenters. The number of nitrogens with one attached hydrogen (secondary N) is 1. The smallest absolute Gasteiger partial charge is 0.315 e. The van der Waals surface area contributed by atoms with Crippen molar-refractivity contribution in [1.29, 1.82) is 0 Å². The Labute approximate surface area is 136 Å². The number of carbonyl (C=O) groups is 2. The number of sulfone groups is 1. The molecule has 7 heteroatoms. The van der Waals surface area contributed by atoms with Crippen molar-refractivity contribution >= 4 is 21.7 Å². The van der Waals surface area contributed by atoms with Crippen LogP contribution in [0.3, 0.4) is 0 Å². The summed E-state index contributed by atoms with van der Waals surface area (Å²) in [6, 6.07) is 8.50. The molecule has 0 bridgehead atoms. The lowest BCUT2D eigenvalue weighted by Crippen LogP contribution is -2.46. The lowest BCUT2D eigenvalue weighted by atomic mass is 9.82. The van der Waals surface area contributed by atoms with Crippen LogP contribution in [0.2, 0.25) is 0 Å². The molecule has 0 aliphatic carbocycles. The highest BCUT2D eigenvalue weighted by molar-refractivity contribution is 7.93. The van der Waals surface area contributed by atoms with Crippen molar-refractivity contribution in [2.45, 2.75) is 37.9 Å². The highest BCUT2D eigenvalue weighted by Gasteiger charge is 2.37. The number of benzene rings is 1. The van der Waals surface area contributed by atoms with E-state index in [4.69, 9.17) is 0 Å². The zero-order chi connectivity index (χ0) is 17.9. The van der Waals surface area contributed by atoms with Crippen molar-refractivity contribution in [3.63, 3.8) is 0 Å². The average molecular weight is 341 g/mol. The first-order valence-corrected chi connectivity index (χ1v) is 8.83. The first kappa shape index (κ1) is 19.2. The lowest BCUT2D eigenvalue weighted by molar-refractivity contribution is -0.143. The van der Waals surface area contributed by atoms with Crippen molar-refractivity contribution in [2.24, 2.45) is 0 Å². The van der Waals surface area contributed by atoms with Gasteiger partial charge < -0.3 is 10.4 Å². The van der Waals surface area contributed by atoms with E-state index in [1.54, 1.807) is 30.3 Å². The van der Waals surface area contributed by atoms with Gasteiger partial charge in [0.15, 0.2) is 9.84 Å². The van der Waals surface area contributed by atoms with Gasteiger partial charge in [-0.2, -0.15) is 0 Å². The number of carboxylic acid groups (broad SMARTS) is 1. The molecule has 0 radical (unpaired) electrons. The molecule has 6 nitrogen and oxygen atoms in total. The van der Waals surface area contributed by atoms with E-state index in [0.29, 0.717) is 5.56 Å². The third-order valence-electron chi connectivity index (χ3n) is 3.78. The average Bonchev–Trinajstić information content (AvgIpc) is 2.43. The second-order valence-corrected chi connectivity index (χ2v) is 9.39. The van der Waals surface area contributed by atoms with Crippen LogP contribution >= 0.6 is 0 Å². The Morgan fingerprint density at radius 2 is 1.61 bits per heavy atom. The van der Waals surface area contributed by atoms with E-state index in [9.17, 15) is 23.1 Å². The fourth-order valence-electron chi connectivity index (χ4n) is 1.82. The van der Waals surface area contributed by atoms with Crippen LogP contribution in [0.1, 0.15) is 33.3 Å². The van der Waals surface area contributed by atoms with Gasteiger partial charge in [-0.1, -0.05) is 30.3 Å². The summed E-state index contributed by atoms with van der Waals surface area (Å²) in [5.41, 5.74) is -0.797. The summed E-state index contributed by atoms with van der Waals surface area (Å²) >= 11 is 0. The molecule has 0 aliphatic heterocycles. The second kappa shape index (κ2) is 6.70. The summed E-state index contributed by atoms with van der Waals surface area (Å²) in [4.78, 5) is 23.5. The molecule has 0 fully saturated rings. The van der Waals surface area contributed by atoms with Crippen LogP contribution in [-0.2, 0) is 24.8 Å². The predicted octanol–water partition coefficient (Wildman–Crippen LogP) is 1.36. The van der Waals surface area contributed by atoms with Crippen LogP contribution in [0, 0.1) is 0 Å². The van der Waals surface area contributed by atoms with E-state index < -0.39 is 37.6 Å². The Morgan fingerprint density at radius 1 is 1.09 bits per heavy atom. The van der Waals surface area contributed by atoms with Crippen LogP contribution in [-0.4, -0.2) is 42.4 Å². The molecular weight excluding hydrogens is 318 g/mol. The molecule has 23 heavy (non-hydrogen) atoms. The van der Waals surface area contributed by atoms with Gasteiger partial charge in [-0.25, -0.2) is 8.42 Å². The fourth-order valence-corrected chi connectivity index (χ4v) is 2.70. The van der Waals surface area contributed by atoms with Crippen molar-refractivity contribution in [3.8, 4) is 0 Å². The Kier molecular flexibility index (Phi) is 5.58. The molecule has 0 saturated carbocycles. The van der Waals surface area contributed by atoms with Crippen molar-refractivity contribution in [2.75, 3.05) is 12.3 Å². The summed E-state index contributed by atoms with van der Waals surface area (Å²) in [6.07, 6.45) is 0. The molecule has 1 aromatic carbocycles. The van der Waals surface area contributed by atoms with Gasteiger partial charge in [-0.15, -0.1) is 0 Å². The largest absolute Gasteiger partial charge is 0.481 e. The first-order valence-electron chi connectivity index (χ1n) is 7.18. The van der Waals surface area contributed by atoms with Crippen LogP contribution in [0.5, 0.6) is 0 Å². The van der Waals surface area contributed by atoms with E-state index in [0.717, 1.165) is 0 Å². The Hall–Kier alpha value is -1.89. The van der Waals surface area contributed by atoms with Gasteiger partial charge >= 0.3 is 5.97 Å². The third-order valence-corrected chi connectivity index (χ3v) is 6.28. The molecule has 2 N–H and O–H groups in total. The van der Waals surface area contributed by atoms with Gasteiger partial charge in [0.25, 0.3) is 0 Å². The number of carboxylic acids is 1. The minimum atomic E-state index is -3.61. The predicted molar refractivity (Wildman–Crippen MR) is 88.0 cm³/mol. The number of hydrogen-bond donors (Lipinski definition) is 2. The van der Waals surface area contributed by atoms with Crippen LogP contribution in [0.4, 0.5) is 0 Å². The zero-order valence-corrected chi connectivity index (χ0v) is 14.6. The van der Waals surface area contributed by atoms with Gasteiger partial charge in [-0.3, -0.25) is 9.59 Å². The number of carbonyl (C=O) groups excluding carboxylic acids is 1. The molecule has 1 rings (SSSR count). The molecule has 0 spiro atoms. The molecule has 0 aromatic heterocycles. The van der Waals surface area contributed by atoms with Gasteiger partial charge in [0, 0.05) is 6.54 Å². The normalized spacial score (nSPS) is 14.8. The topological polar surface area (TPSA) is 101 Å². The maximum atomic E-state index is 12.0. The number of amides is 1. The quantitative estimate of drug-likeness (QED) is 0.813. The Morgan fingerprint density at radius 3 is 2.04 bits per heavy atom. The minimum Gasteiger partial charge on any atom is -0.481 e. The van der Waals surface area contributed by atoms with E-state index in [-0.39, 0.29) is 6.54 Å². The fraction of sp³-hybridized carbons (Fsp3) is 0.500. The van der Waals surface area contributed by atoms with Crippen molar-refractivity contribution < 1.29 is 23.1 Å². The molecular formula is C16H23NO5S. The summed E-state index contributed by atoms with van der Waals surface area (Å²) in [5.74, 6) is -2.47. The van der Waals surface area contributed by atoms with Crippen LogP contribution in [0.25, 0.3) is 0 Å². The molecule has 128 valence electrons. The summed E-state index contributed by atoms with van der Waals surface area (Å²) in [6.45, 7) is 5.84. The van der Waals surface area contributed by atoms with E-state index in [2.05, 4.69) is 5.32 Å². The van der Waals surface area contributed by atoms with E-state index in [1.807, 2.05) is 0 Å². The van der Waals surface area contributed by atoms with Gasteiger partial charge in [0.1, 0.15) is 11.2 Å². The van der Waals surface area contributed by atoms with Crippen LogP contribution < -0.4 is 5.32 Å². The zero-order valence-electron chi connectivity index (χ0n) is 13.8. The molecule has 0 heterocycles. The van der Waals surface area contributed by atoms with Gasteiger partial charge in [0.2, 0.25) is 5.91 Å². The molecule has 1 aromatic rings.